The Morgan fingerprint density at radius 2 is 1.41 bits per heavy atom. The minimum atomic E-state index is -3.22. The van der Waals surface area contributed by atoms with Gasteiger partial charge in [0.15, 0.2) is 53.8 Å². The molecule has 0 saturated carbocycles. The number of nitrogens with two attached hydrogens (primary N) is 1. The highest BCUT2D eigenvalue weighted by Crippen LogP contribution is 2.56. The molecule has 10 N–H and O–H groups in total. The molecule has 1 aromatic rings. The topological polar surface area (TPSA) is 357 Å². The van der Waals surface area contributed by atoms with Gasteiger partial charge in [0.25, 0.3) is 0 Å². The Kier molecular flexibility index (Phi) is 15.7. The Bertz CT molecular complexity index is 2450. The highest BCUT2D eigenvalue weighted by atomic mass is 16.7. The molecule has 0 bridgehead atoms. The van der Waals surface area contributed by atoms with E-state index in [4.69, 9.17) is 53.1 Å². The summed E-state index contributed by atoms with van der Waals surface area (Å²) < 4.78 is 59.6. The van der Waals surface area contributed by atoms with Crippen molar-refractivity contribution < 1.29 is 107 Å². The molecule has 4 aliphatic heterocycles. The average Bonchev–Trinajstić information content (AvgIpc) is 3.30. The SMILES string of the molecule is CO[C@@H]1C[C@H](O[C@H]2C=C(C)[C@@H](OC(C)=O)[C@]3(O)[C@@H](OC(C)=O)[C@@H](O)C4=C(C(=O)c5ccc([C@H]6C[C@@H](O[C@H]7C[C@](C)(O)[C@H](O[C@H]8CC[C@H](NC(N)=O)[C@@H](C)O8)[C@@H](C)O7)[C@H](O)[C@@H](C)O6)c(O)c5C4=O)[C@]23O)O[C@@H](C)[C@H]1O. The van der Waals surface area contributed by atoms with Crippen molar-refractivity contribution in [1.82, 2.24) is 5.32 Å². The summed E-state index contributed by atoms with van der Waals surface area (Å²) >= 11 is 0. The number of urea groups is 1. The molecule has 0 aromatic heterocycles. The monoisotopic (exact) mass is 1050 g/mol. The zero-order valence-electron chi connectivity index (χ0n) is 42.5. The summed E-state index contributed by atoms with van der Waals surface area (Å²) in [5.74, 6) is -5.34. The second kappa shape index (κ2) is 20.8. The van der Waals surface area contributed by atoms with Crippen molar-refractivity contribution in [2.45, 2.75) is 215 Å². The number of rotatable bonds is 11. The van der Waals surface area contributed by atoms with Gasteiger partial charge in [-0.1, -0.05) is 6.07 Å². The molecule has 1 aromatic carbocycles. The van der Waals surface area contributed by atoms with Crippen LogP contribution in [-0.2, 0) is 57.0 Å². The van der Waals surface area contributed by atoms with Crippen molar-refractivity contribution in [3.63, 3.8) is 0 Å². The number of primary amides is 1. The van der Waals surface area contributed by atoms with Crippen LogP contribution in [0.15, 0.2) is 34.9 Å². The van der Waals surface area contributed by atoms with E-state index in [0.29, 0.717) is 12.8 Å². The number of aliphatic hydroxyl groups excluding tert-OH is 3. The van der Waals surface area contributed by atoms with E-state index in [-0.39, 0.29) is 36.4 Å². The molecule has 0 unspecified atom stereocenters. The molecule has 21 atom stereocenters. The maximum Gasteiger partial charge on any atom is 0.312 e. The number of amides is 2. The Morgan fingerprint density at radius 1 is 0.770 bits per heavy atom. The molecule has 4 heterocycles. The summed E-state index contributed by atoms with van der Waals surface area (Å²) in [5.41, 5.74) is -5.66. The van der Waals surface area contributed by atoms with E-state index in [0.717, 1.165) is 13.8 Å². The van der Waals surface area contributed by atoms with Crippen LogP contribution in [0.4, 0.5) is 4.79 Å². The fourth-order valence-corrected chi connectivity index (χ4v) is 11.9. The van der Waals surface area contributed by atoms with Crippen LogP contribution in [0.1, 0.15) is 120 Å². The van der Waals surface area contributed by atoms with Gasteiger partial charge in [0.1, 0.15) is 36.3 Å². The van der Waals surface area contributed by atoms with Crippen molar-refractivity contribution in [2.75, 3.05) is 7.11 Å². The van der Waals surface area contributed by atoms with Gasteiger partial charge in [-0.25, -0.2) is 4.79 Å². The minimum absolute atomic E-state index is 0.00785. The zero-order chi connectivity index (χ0) is 54.3. The lowest BCUT2D eigenvalue weighted by atomic mass is 9.54. The Morgan fingerprint density at radius 3 is 2.03 bits per heavy atom. The quantitative estimate of drug-likeness (QED) is 0.104. The number of ether oxygens (including phenoxy) is 10. The lowest BCUT2D eigenvalue weighted by molar-refractivity contribution is -0.333. The van der Waals surface area contributed by atoms with Crippen LogP contribution in [0.2, 0.25) is 0 Å². The molecule has 4 fully saturated rings. The second-order valence-electron chi connectivity index (χ2n) is 20.8. The predicted octanol–water partition coefficient (Wildman–Crippen LogP) is 0.0528. The summed E-state index contributed by atoms with van der Waals surface area (Å²) in [4.78, 5) is 67.2. The summed E-state index contributed by atoms with van der Waals surface area (Å²) in [6.07, 6.45) is -19.5. The maximum absolute atomic E-state index is 15.2. The number of ketones is 2. The summed E-state index contributed by atoms with van der Waals surface area (Å²) in [7, 11) is 1.35. The molecule has 4 saturated heterocycles. The largest absolute Gasteiger partial charge is 0.507 e. The Hall–Kier alpha value is -4.51. The lowest BCUT2D eigenvalue weighted by Gasteiger charge is -2.59. The number of fused-ring (bicyclic) bond motifs is 3. The lowest BCUT2D eigenvalue weighted by Crippen LogP contribution is -2.80. The molecule has 7 aliphatic rings. The first kappa shape index (κ1) is 55.7. The standard InChI is InChI=1S/C50H68N2O22/c1-18-14-31(73-33-16-29(65-9)38(55)21(4)68-33)49(63)37-36(43(60)46(71-24(7)54)50(49,64)44(18)70-23(6)53)42(59)35-26(41(37)58)11-10-25(40(35)57)28-15-30(39(56)20(3)66-28)72-34-17-48(8,62)45(22(5)69-34)74-32-13-12-27(19(2)67-32)52-47(51)61/h10-11,14,19-22,27-34,38-39,43-46,55-57,60,62-64H,12-13,15-17H2,1-9H3,(H3,51,52,61)/t19-,20-,21+,22-,27+,28-,29-,30-,31+,32+,33+,34+,38-,39-,43+,44-,45-,46+,48+,49-,50+/m1/s1. The van der Waals surface area contributed by atoms with E-state index < -0.39 is 179 Å². The number of aromatic hydroxyl groups is 1. The molecule has 24 nitrogen and oxygen atoms in total. The minimum Gasteiger partial charge on any atom is -0.507 e. The molecule has 0 radical (unpaired) electrons. The van der Waals surface area contributed by atoms with E-state index in [1.807, 2.05) is 0 Å². The van der Waals surface area contributed by atoms with E-state index in [1.54, 1.807) is 27.7 Å². The first-order chi connectivity index (χ1) is 34.6. The molecule has 74 heavy (non-hydrogen) atoms. The molecule has 2 amide bonds. The smallest absolute Gasteiger partial charge is 0.312 e. The van der Waals surface area contributed by atoms with Gasteiger partial charge in [-0.15, -0.1) is 0 Å². The van der Waals surface area contributed by atoms with Crippen molar-refractivity contribution in [1.29, 1.82) is 0 Å². The molecule has 8 rings (SSSR count). The summed E-state index contributed by atoms with van der Waals surface area (Å²) in [6.45, 7) is 11.4. The van der Waals surface area contributed by atoms with Crippen molar-refractivity contribution in [3.8, 4) is 5.75 Å². The van der Waals surface area contributed by atoms with Crippen LogP contribution in [0.3, 0.4) is 0 Å². The first-order valence-electron chi connectivity index (χ1n) is 24.7. The fourth-order valence-electron chi connectivity index (χ4n) is 11.9. The van der Waals surface area contributed by atoms with Gasteiger partial charge in [0, 0.05) is 68.9 Å². The van der Waals surface area contributed by atoms with Gasteiger partial charge in [0.05, 0.1) is 59.9 Å². The van der Waals surface area contributed by atoms with E-state index in [9.17, 15) is 50.1 Å². The maximum atomic E-state index is 15.2. The van der Waals surface area contributed by atoms with Crippen LogP contribution < -0.4 is 11.1 Å². The third-order valence-corrected chi connectivity index (χ3v) is 15.5. The molecule has 0 spiro atoms. The number of hydrogen-bond donors (Lipinski definition) is 9. The van der Waals surface area contributed by atoms with Gasteiger partial charge < -0.3 is 94.2 Å². The number of esters is 2. The van der Waals surface area contributed by atoms with Crippen LogP contribution in [0.25, 0.3) is 0 Å². The first-order valence-corrected chi connectivity index (χ1v) is 24.7. The van der Waals surface area contributed by atoms with Gasteiger partial charge in [-0.3, -0.25) is 19.2 Å². The molecule has 410 valence electrons. The number of methoxy groups -OCH3 is 1. The number of aliphatic hydroxyl groups is 6. The highest BCUT2D eigenvalue weighted by molar-refractivity contribution is 6.29. The number of carbonyl (C=O) groups is 5. The number of phenols is 1. The van der Waals surface area contributed by atoms with Crippen LogP contribution in [0, 0.1) is 0 Å². The number of Topliss-reactive ketones (excluding diaryl/α,β-unsaturated/α-hetero) is 2. The molecule has 3 aliphatic carbocycles. The van der Waals surface area contributed by atoms with Crippen molar-refractivity contribution >= 4 is 29.5 Å². The van der Waals surface area contributed by atoms with E-state index in [1.165, 1.54) is 39.2 Å². The normalized spacial score (nSPS) is 43.3. The zero-order valence-corrected chi connectivity index (χ0v) is 42.5. The van der Waals surface area contributed by atoms with Gasteiger partial charge in [-0.2, -0.15) is 0 Å². The molecular weight excluding hydrogens is 981 g/mol. The Balaban J connectivity index is 1.10. The second-order valence-corrected chi connectivity index (χ2v) is 20.8. The number of carbonyl (C=O) groups excluding carboxylic acids is 5. The van der Waals surface area contributed by atoms with Crippen LogP contribution in [-0.4, -0.2) is 193 Å². The number of nitrogens with one attached hydrogen (secondary N) is 1. The summed E-state index contributed by atoms with van der Waals surface area (Å²) in [5, 5.41) is 87.3. The van der Waals surface area contributed by atoms with Crippen molar-refractivity contribution in [3.05, 3.63) is 51.6 Å². The highest BCUT2D eigenvalue weighted by Gasteiger charge is 2.76. The Labute approximate surface area is 425 Å². The molecule has 24 heteroatoms. The van der Waals surface area contributed by atoms with E-state index >= 15 is 9.59 Å². The fraction of sp³-hybridized carbons (Fsp3) is 0.700. The number of hydrogen-bond acceptors (Lipinski definition) is 22. The van der Waals surface area contributed by atoms with Gasteiger partial charge in [0.2, 0.25) is 0 Å². The van der Waals surface area contributed by atoms with Gasteiger partial charge >= 0.3 is 18.0 Å². The van der Waals surface area contributed by atoms with Gasteiger partial charge in [-0.05, 0) is 65.7 Å². The van der Waals surface area contributed by atoms with Crippen LogP contribution in [0.5, 0.6) is 5.75 Å². The number of benzene rings is 1. The van der Waals surface area contributed by atoms with E-state index in [2.05, 4.69) is 5.32 Å². The third-order valence-electron chi connectivity index (χ3n) is 15.5. The predicted molar refractivity (Wildman–Crippen MR) is 249 cm³/mol. The average molecular weight is 1050 g/mol. The molecular formula is C50H68N2O22. The number of phenolic OH excluding ortho intramolecular Hbond substituents is 1. The van der Waals surface area contributed by atoms with Crippen LogP contribution >= 0.6 is 0 Å². The third kappa shape index (κ3) is 9.69. The summed E-state index contributed by atoms with van der Waals surface area (Å²) in [6, 6.07) is 1.45. The van der Waals surface area contributed by atoms with Crippen molar-refractivity contribution in [2.24, 2.45) is 5.73 Å².